The average Bonchev–Trinajstić information content (AvgIpc) is 1.98. The second kappa shape index (κ2) is 4.75. The van der Waals surface area contributed by atoms with Crippen LogP contribution < -0.4 is 11.1 Å². The van der Waals surface area contributed by atoms with Crippen molar-refractivity contribution in [2.24, 2.45) is 11.7 Å². The van der Waals surface area contributed by atoms with Gasteiger partial charge in [0.05, 0.1) is 12.6 Å². The topological polar surface area (TPSA) is 55.1 Å². The second-order valence-corrected chi connectivity index (χ2v) is 2.69. The summed E-state index contributed by atoms with van der Waals surface area (Å²) in [7, 11) is 0. The molecular weight excluding hydrogens is 140 g/mol. The van der Waals surface area contributed by atoms with Gasteiger partial charge in [-0.05, 0) is 5.92 Å². The Kier molecular flexibility index (Phi) is 4.32. The van der Waals surface area contributed by atoms with E-state index in [-0.39, 0.29) is 18.4 Å². The minimum Gasteiger partial charge on any atom is -0.344 e. The third-order valence-electron chi connectivity index (χ3n) is 1.39. The third-order valence-corrected chi connectivity index (χ3v) is 1.39. The normalized spacial score (nSPS) is 12.3. The zero-order valence-corrected chi connectivity index (χ0v) is 6.92. The summed E-state index contributed by atoms with van der Waals surface area (Å²) in [4.78, 5) is 11.0. The quantitative estimate of drug-likeness (QED) is 0.549. The lowest BCUT2D eigenvalue weighted by atomic mass is 10.1. The zero-order valence-electron chi connectivity index (χ0n) is 6.92. The fourth-order valence-electron chi connectivity index (χ4n) is 0.559. The Morgan fingerprint density at radius 1 is 1.73 bits per heavy atom. The molecule has 3 nitrogen and oxygen atoms in total. The van der Waals surface area contributed by atoms with Crippen LogP contribution in [0.2, 0.25) is 0 Å². The molecule has 0 bridgehead atoms. The van der Waals surface area contributed by atoms with Crippen molar-refractivity contribution in [1.29, 1.82) is 0 Å². The molecule has 0 aromatic carbocycles. The third kappa shape index (κ3) is 3.64. The highest BCUT2D eigenvalue weighted by atomic mass is 16.2. The maximum absolute atomic E-state index is 11.0. The predicted molar refractivity (Wildman–Crippen MR) is 44.7 cm³/mol. The van der Waals surface area contributed by atoms with E-state index in [0.29, 0.717) is 0 Å². The molecule has 11 heavy (non-hydrogen) atoms. The van der Waals surface area contributed by atoms with Crippen molar-refractivity contribution >= 4 is 5.91 Å². The summed E-state index contributed by atoms with van der Waals surface area (Å²) >= 11 is 0. The van der Waals surface area contributed by atoms with Gasteiger partial charge in [-0.3, -0.25) is 4.79 Å². The molecule has 0 heterocycles. The summed E-state index contributed by atoms with van der Waals surface area (Å²) in [6.07, 6.45) is 4.95. The minimum absolute atomic E-state index is 0.146. The number of carbonyl (C=O) groups excluding carboxylic acids is 1. The first-order valence-corrected chi connectivity index (χ1v) is 3.56. The molecule has 0 unspecified atom stereocenters. The summed E-state index contributed by atoms with van der Waals surface area (Å²) in [5.74, 6) is 2.27. The molecule has 0 rings (SSSR count). The van der Waals surface area contributed by atoms with Crippen LogP contribution in [0.3, 0.4) is 0 Å². The Morgan fingerprint density at radius 3 is 2.64 bits per heavy atom. The van der Waals surface area contributed by atoms with Crippen molar-refractivity contribution in [2.75, 3.05) is 6.54 Å². The molecule has 0 aromatic rings. The molecular formula is C8H14N2O. The van der Waals surface area contributed by atoms with E-state index in [1.807, 2.05) is 13.8 Å². The smallest absolute Gasteiger partial charge is 0.237 e. The number of nitrogens with two attached hydrogens (primary N) is 1. The van der Waals surface area contributed by atoms with Gasteiger partial charge in [0.15, 0.2) is 0 Å². The van der Waals surface area contributed by atoms with Gasteiger partial charge in [0.25, 0.3) is 0 Å². The Balaban J connectivity index is 3.76. The van der Waals surface area contributed by atoms with E-state index in [1.54, 1.807) is 0 Å². The number of carbonyl (C=O) groups is 1. The van der Waals surface area contributed by atoms with Crippen LogP contribution in [-0.2, 0) is 4.79 Å². The number of terminal acetylenes is 1. The second-order valence-electron chi connectivity index (χ2n) is 2.69. The van der Waals surface area contributed by atoms with Gasteiger partial charge in [-0.25, -0.2) is 0 Å². The van der Waals surface area contributed by atoms with Crippen molar-refractivity contribution in [3.63, 3.8) is 0 Å². The Morgan fingerprint density at radius 2 is 2.27 bits per heavy atom. The van der Waals surface area contributed by atoms with E-state index in [1.165, 1.54) is 0 Å². The van der Waals surface area contributed by atoms with Gasteiger partial charge >= 0.3 is 0 Å². The first-order valence-electron chi connectivity index (χ1n) is 3.56. The van der Waals surface area contributed by atoms with Crippen LogP contribution in [0.25, 0.3) is 0 Å². The highest BCUT2D eigenvalue weighted by Gasteiger charge is 2.15. The summed E-state index contributed by atoms with van der Waals surface area (Å²) in [5, 5.41) is 2.51. The van der Waals surface area contributed by atoms with Crippen molar-refractivity contribution in [1.82, 2.24) is 5.32 Å². The number of nitrogens with one attached hydrogen (secondary N) is 1. The molecule has 1 amide bonds. The van der Waals surface area contributed by atoms with Crippen LogP contribution in [0.1, 0.15) is 13.8 Å². The molecule has 62 valence electrons. The standard InChI is InChI=1S/C8H14N2O/c1-4-5-10-8(11)7(9)6(2)3/h1,6-7H,5,9H2,2-3H3,(H,10,11)/t7-/m0/s1. The van der Waals surface area contributed by atoms with Gasteiger partial charge in [0.1, 0.15) is 0 Å². The highest BCUT2D eigenvalue weighted by Crippen LogP contribution is 1.96. The van der Waals surface area contributed by atoms with E-state index in [2.05, 4.69) is 11.2 Å². The van der Waals surface area contributed by atoms with Gasteiger partial charge < -0.3 is 11.1 Å². The lowest BCUT2D eigenvalue weighted by molar-refractivity contribution is -0.122. The Hall–Kier alpha value is -1.01. The molecule has 0 saturated carbocycles. The predicted octanol–water partition coefficient (Wildman–Crippen LogP) is -0.281. The summed E-state index contributed by atoms with van der Waals surface area (Å²) < 4.78 is 0. The van der Waals surface area contributed by atoms with Crippen LogP contribution in [0, 0.1) is 18.3 Å². The van der Waals surface area contributed by atoms with Gasteiger partial charge in [-0.15, -0.1) is 6.42 Å². The minimum atomic E-state index is -0.455. The first kappa shape index (κ1) is 9.99. The lowest BCUT2D eigenvalue weighted by Crippen LogP contribution is -2.43. The van der Waals surface area contributed by atoms with Gasteiger partial charge in [0.2, 0.25) is 5.91 Å². The van der Waals surface area contributed by atoms with Gasteiger partial charge in [0, 0.05) is 0 Å². The lowest BCUT2D eigenvalue weighted by Gasteiger charge is -2.13. The van der Waals surface area contributed by atoms with Crippen LogP contribution in [0.4, 0.5) is 0 Å². The SMILES string of the molecule is C#CCNC(=O)[C@@H](N)C(C)C. The zero-order chi connectivity index (χ0) is 8.85. The largest absolute Gasteiger partial charge is 0.344 e. The van der Waals surface area contributed by atoms with Crippen molar-refractivity contribution in [3.05, 3.63) is 0 Å². The maximum Gasteiger partial charge on any atom is 0.237 e. The van der Waals surface area contributed by atoms with Crippen LogP contribution in [0.5, 0.6) is 0 Å². The fraction of sp³-hybridized carbons (Fsp3) is 0.625. The van der Waals surface area contributed by atoms with Crippen molar-refractivity contribution in [3.8, 4) is 12.3 Å². The number of hydrogen-bond donors (Lipinski definition) is 2. The first-order chi connectivity index (χ1) is 5.09. The molecule has 0 saturated heterocycles. The molecule has 0 aliphatic carbocycles. The maximum atomic E-state index is 11.0. The van der Waals surface area contributed by atoms with E-state index in [4.69, 9.17) is 12.2 Å². The van der Waals surface area contributed by atoms with E-state index in [9.17, 15) is 4.79 Å². The summed E-state index contributed by atoms with van der Waals surface area (Å²) in [5.41, 5.74) is 5.52. The van der Waals surface area contributed by atoms with E-state index < -0.39 is 6.04 Å². The van der Waals surface area contributed by atoms with Gasteiger partial charge in [-0.1, -0.05) is 19.8 Å². The Bertz CT molecular complexity index is 169. The van der Waals surface area contributed by atoms with Crippen LogP contribution in [0.15, 0.2) is 0 Å². The molecule has 0 radical (unpaired) electrons. The molecule has 0 spiro atoms. The van der Waals surface area contributed by atoms with E-state index >= 15 is 0 Å². The molecule has 3 N–H and O–H groups in total. The number of hydrogen-bond acceptors (Lipinski definition) is 2. The molecule has 0 aromatic heterocycles. The molecule has 1 atom stereocenters. The van der Waals surface area contributed by atoms with Crippen molar-refractivity contribution in [2.45, 2.75) is 19.9 Å². The molecule has 0 aliphatic heterocycles. The monoisotopic (exact) mass is 154 g/mol. The van der Waals surface area contributed by atoms with Gasteiger partial charge in [-0.2, -0.15) is 0 Å². The van der Waals surface area contributed by atoms with Crippen molar-refractivity contribution < 1.29 is 4.79 Å². The number of amides is 1. The number of rotatable bonds is 3. The highest BCUT2D eigenvalue weighted by molar-refractivity contribution is 5.81. The van der Waals surface area contributed by atoms with Crippen LogP contribution in [-0.4, -0.2) is 18.5 Å². The fourth-order valence-corrected chi connectivity index (χ4v) is 0.559. The summed E-state index contributed by atoms with van der Waals surface area (Å²) in [6, 6.07) is -0.455. The summed E-state index contributed by atoms with van der Waals surface area (Å²) in [6.45, 7) is 4.03. The van der Waals surface area contributed by atoms with E-state index in [0.717, 1.165) is 0 Å². The Labute approximate surface area is 67.3 Å². The average molecular weight is 154 g/mol. The molecule has 0 aliphatic rings. The molecule has 0 fully saturated rings. The van der Waals surface area contributed by atoms with Crippen LogP contribution >= 0.6 is 0 Å². The molecule has 3 heteroatoms.